The standard InChI is InChI=1S/C26H34N2O4S/c1-6-27(7-2)12-13-28-22(25-18(5)11-14-33-25)21(24(30)26(28)31)23(29)19-9-8-10-20(15-19)32-16-17(3)4/h8-11,14-15,17,22,29H,6-7,12-13,16H2,1-5H3/b23-21-. The third-order valence-electron chi connectivity index (χ3n) is 5.93. The number of carbonyl (C=O) groups is 2. The van der Waals surface area contributed by atoms with Gasteiger partial charge in [0.1, 0.15) is 11.5 Å². The average molecular weight is 471 g/mol. The number of ether oxygens (including phenoxy) is 1. The maximum absolute atomic E-state index is 13.2. The first-order valence-electron chi connectivity index (χ1n) is 11.6. The SMILES string of the molecule is CCN(CC)CCN1C(=O)C(=O)/C(=C(\O)c2cccc(OCC(C)C)c2)C1c1sccc1C. The van der Waals surface area contributed by atoms with Gasteiger partial charge in [0, 0.05) is 23.5 Å². The summed E-state index contributed by atoms with van der Waals surface area (Å²) in [5, 5.41) is 13.2. The summed E-state index contributed by atoms with van der Waals surface area (Å²) >= 11 is 1.50. The first-order chi connectivity index (χ1) is 15.8. The molecule has 7 heteroatoms. The van der Waals surface area contributed by atoms with Crippen LogP contribution < -0.4 is 4.74 Å². The number of benzene rings is 1. The number of nitrogens with zero attached hydrogens (tertiary/aromatic N) is 2. The molecule has 1 atom stereocenters. The first kappa shape index (κ1) is 25.0. The number of rotatable bonds is 10. The van der Waals surface area contributed by atoms with Crippen LogP contribution >= 0.6 is 11.3 Å². The van der Waals surface area contributed by atoms with Crippen LogP contribution in [0.2, 0.25) is 0 Å². The van der Waals surface area contributed by atoms with Gasteiger partial charge >= 0.3 is 0 Å². The Bertz CT molecular complexity index is 1020. The van der Waals surface area contributed by atoms with Crippen LogP contribution in [0.5, 0.6) is 5.75 Å². The molecule has 2 aromatic rings. The van der Waals surface area contributed by atoms with Crippen LogP contribution in [0.3, 0.4) is 0 Å². The largest absolute Gasteiger partial charge is 0.507 e. The first-order valence-corrected chi connectivity index (χ1v) is 12.4. The summed E-state index contributed by atoms with van der Waals surface area (Å²) in [7, 11) is 0. The minimum absolute atomic E-state index is 0.145. The van der Waals surface area contributed by atoms with Crippen molar-refractivity contribution < 1.29 is 19.4 Å². The maximum atomic E-state index is 13.2. The molecule has 1 aliphatic rings. The van der Waals surface area contributed by atoms with Gasteiger partial charge in [-0.05, 0) is 55.1 Å². The van der Waals surface area contributed by atoms with Crippen molar-refractivity contribution in [2.75, 3.05) is 32.8 Å². The molecule has 1 N–H and O–H groups in total. The summed E-state index contributed by atoms with van der Waals surface area (Å²) in [6.45, 7) is 13.6. The molecule has 1 aromatic carbocycles. The van der Waals surface area contributed by atoms with Crippen molar-refractivity contribution in [2.24, 2.45) is 5.92 Å². The number of likely N-dealkylation sites (N-methyl/N-ethyl adjacent to an activating group) is 1. The van der Waals surface area contributed by atoms with Gasteiger partial charge in [0.15, 0.2) is 0 Å². The molecule has 1 aliphatic heterocycles. The van der Waals surface area contributed by atoms with E-state index in [2.05, 4.69) is 32.6 Å². The lowest BCUT2D eigenvalue weighted by Crippen LogP contribution is -2.37. The van der Waals surface area contributed by atoms with Gasteiger partial charge in [-0.25, -0.2) is 0 Å². The Morgan fingerprint density at radius 2 is 1.94 bits per heavy atom. The number of likely N-dealkylation sites (tertiary alicyclic amines) is 1. The van der Waals surface area contributed by atoms with E-state index in [-0.39, 0.29) is 11.3 Å². The van der Waals surface area contributed by atoms with E-state index < -0.39 is 17.7 Å². The van der Waals surface area contributed by atoms with Crippen molar-refractivity contribution in [1.29, 1.82) is 0 Å². The van der Waals surface area contributed by atoms with Crippen molar-refractivity contribution in [3.05, 3.63) is 57.3 Å². The normalized spacial score (nSPS) is 18.0. The third kappa shape index (κ3) is 5.47. The maximum Gasteiger partial charge on any atom is 0.295 e. The molecule has 33 heavy (non-hydrogen) atoms. The van der Waals surface area contributed by atoms with Gasteiger partial charge in [-0.15, -0.1) is 11.3 Å². The predicted octanol–water partition coefficient (Wildman–Crippen LogP) is 4.85. The zero-order valence-corrected chi connectivity index (χ0v) is 20.9. The Morgan fingerprint density at radius 3 is 2.55 bits per heavy atom. The van der Waals surface area contributed by atoms with Crippen molar-refractivity contribution >= 4 is 28.8 Å². The molecule has 1 amide bonds. The van der Waals surface area contributed by atoms with Gasteiger partial charge < -0.3 is 19.6 Å². The summed E-state index contributed by atoms with van der Waals surface area (Å²) in [4.78, 5) is 31.0. The van der Waals surface area contributed by atoms with Gasteiger partial charge in [0.2, 0.25) is 0 Å². The second-order valence-electron chi connectivity index (χ2n) is 8.72. The topological polar surface area (TPSA) is 70.1 Å². The summed E-state index contributed by atoms with van der Waals surface area (Å²) in [6.07, 6.45) is 0. The number of hydrogen-bond acceptors (Lipinski definition) is 6. The highest BCUT2D eigenvalue weighted by molar-refractivity contribution is 7.10. The Hall–Kier alpha value is -2.64. The number of ketones is 1. The Balaban J connectivity index is 2.04. The Morgan fingerprint density at radius 1 is 1.21 bits per heavy atom. The van der Waals surface area contributed by atoms with Crippen LogP contribution in [0.15, 0.2) is 41.3 Å². The van der Waals surface area contributed by atoms with Crippen molar-refractivity contribution in [1.82, 2.24) is 9.80 Å². The molecule has 1 unspecified atom stereocenters. The average Bonchev–Trinajstić information content (AvgIpc) is 3.33. The molecule has 2 heterocycles. The van der Waals surface area contributed by atoms with E-state index in [0.717, 1.165) is 23.5 Å². The van der Waals surface area contributed by atoms with Crippen molar-refractivity contribution in [2.45, 2.75) is 40.7 Å². The van der Waals surface area contributed by atoms with E-state index in [9.17, 15) is 14.7 Å². The number of aliphatic hydroxyl groups excluding tert-OH is 1. The fourth-order valence-corrected chi connectivity index (χ4v) is 5.04. The number of aryl methyl sites for hydroxylation is 1. The quantitative estimate of drug-likeness (QED) is 0.305. The fourth-order valence-electron chi connectivity index (χ4n) is 3.99. The van der Waals surface area contributed by atoms with E-state index in [4.69, 9.17) is 4.74 Å². The predicted molar refractivity (Wildman–Crippen MR) is 133 cm³/mol. The summed E-state index contributed by atoms with van der Waals surface area (Å²) in [5.41, 5.74) is 1.61. The van der Waals surface area contributed by atoms with Gasteiger partial charge in [-0.3, -0.25) is 9.59 Å². The molecule has 0 spiro atoms. The summed E-state index contributed by atoms with van der Waals surface area (Å²) in [6, 6.07) is 8.44. The van der Waals surface area contributed by atoms with Gasteiger partial charge in [0.25, 0.3) is 11.7 Å². The number of carbonyl (C=O) groups excluding carboxylic acids is 2. The molecule has 0 radical (unpaired) electrons. The minimum Gasteiger partial charge on any atom is -0.507 e. The highest BCUT2D eigenvalue weighted by atomic mass is 32.1. The van der Waals surface area contributed by atoms with E-state index in [1.54, 1.807) is 23.1 Å². The number of aliphatic hydroxyl groups is 1. The number of amides is 1. The molecular formula is C26H34N2O4S. The van der Waals surface area contributed by atoms with Crippen LogP contribution in [-0.4, -0.2) is 59.4 Å². The number of hydrogen-bond donors (Lipinski definition) is 1. The Labute approximate surface area is 200 Å². The van der Waals surface area contributed by atoms with Crippen LogP contribution in [0.25, 0.3) is 5.76 Å². The van der Waals surface area contributed by atoms with Crippen LogP contribution in [0.4, 0.5) is 0 Å². The zero-order chi connectivity index (χ0) is 24.1. The number of Topliss-reactive ketones (excluding diaryl/α,β-unsaturated/α-hetero) is 1. The second kappa shape index (κ2) is 11.0. The monoisotopic (exact) mass is 470 g/mol. The lowest BCUT2D eigenvalue weighted by molar-refractivity contribution is -0.140. The van der Waals surface area contributed by atoms with E-state index in [1.165, 1.54) is 11.3 Å². The van der Waals surface area contributed by atoms with Crippen LogP contribution in [0, 0.1) is 12.8 Å². The lowest BCUT2D eigenvalue weighted by Gasteiger charge is -2.27. The Kier molecular flexibility index (Phi) is 8.32. The van der Waals surface area contributed by atoms with Crippen molar-refractivity contribution in [3.8, 4) is 5.75 Å². The molecule has 1 saturated heterocycles. The van der Waals surface area contributed by atoms with Crippen molar-refractivity contribution in [3.63, 3.8) is 0 Å². The second-order valence-corrected chi connectivity index (χ2v) is 9.67. The van der Waals surface area contributed by atoms with E-state index >= 15 is 0 Å². The van der Waals surface area contributed by atoms with Crippen LogP contribution in [0.1, 0.15) is 49.7 Å². The minimum atomic E-state index is -0.640. The highest BCUT2D eigenvalue weighted by Gasteiger charge is 2.46. The lowest BCUT2D eigenvalue weighted by atomic mass is 9.98. The number of thiophene rings is 1. The summed E-state index contributed by atoms with van der Waals surface area (Å²) in [5.74, 6) is -0.383. The molecule has 178 valence electrons. The smallest absolute Gasteiger partial charge is 0.295 e. The molecule has 3 rings (SSSR count). The molecule has 0 saturated carbocycles. The summed E-state index contributed by atoms with van der Waals surface area (Å²) < 4.78 is 5.80. The molecule has 6 nitrogen and oxygen atoms in total. The molecule has 0 aliphatic carbocycles. The van der Waals surface area contributed by atoms with Gasteiger partial charge in [-0.2, -0.15) is 0 Å². The van der Waals surface area contributed by atoms with E-state index in [0.29, 0.717) is 36.9 Å². The fraction of sp³-hybridized carbons (Fsp3) is 0.462. The third-order valence-corrected chi connectivity index (χ3v) is 7.00. The molecular weight excluding hydrogens is 436 g/mol. The molecule has 1 fully saturated rings. The highest BCUT2D eigenvalue weighted by Crippen LogP contribution is 2.42. The van der Waals surface area contributed by atoms with Gasteiger partial charge in [0.05, 0.1) is 18.2 Å². The van der Waals surface area contributed by atoms with Gasteiger partial charge in [-0.1, -0.05) is 39.8 Å². The van der Waals surface area contributed by atoms with E-state index in [1.807, 2.05) is 24.4 Å². The zero-order valence-electron chi connectivity index (χ0n) is 20.1. The molecule has 0 bridgehead atoms. The van der Waals surface area contributed by atoms with Crippen LogP contribution in [-0.2, 0) is 9.59 Å². The molecule has 1 aromatic heterocycles.